The Bertz CT molecular complexity index is 3440. The van der Waals surface area contributed by atoms with Gasteiger partial charge in [0, 0.05) is 37.9 Å². The Morgan fingerprint density at radius 3 is 1.88 bits per heavy atom. The van der Waals surface area contributed by atoms with Crippen molar-refractivity contribution in [3.05, 3.63) is 187 Å². The third-order valence-corrected chi connectivity index (χ3v) is 12.3. The Kier molecular flexibility index (Phi) is 6.40. The second-order valence-electron chi connectivity index (χ2n) is 15.7. The van der Waals surface area contributed by atoms with Crippen molar-refractivity contribution in [2.75, 3.05) is 0 Å². The topological polar surface area (TPSA) is 30.7 Å². The maximum Gasteiger partial charge on any atom is 0.165 e. The van der Waals surface area contributed by atoms with E-state index >= 15 is 0 Å². The van der Waals surface area contributed by atoms with Crippen molar-refractivity contribution in [1.82, 2.24) is 14.5 Å². The van der Waals surface area contributed by atoms with Crippen LogP contribution in [0.5, 0.6) is 0 Å². The van der Waals surface area contributed by atoms with Crippen LogP contribution in [-0.4, -0.2) is 14.5 Å². The van der Waals surface area contributed by atoms with E-state index in [-0.39, 0.29) is 5.41 Å². The predicted octanol–water partition coefficient (Wildman–Crippen LogP) is 13.8. The zero-order valence-electron chi connectivity index (χ0n) is 31.1. The Labute approximate surface area is 324 Å². The van der Waals surface area contributed by atoms with Gasteiger partial charge in [-0.15, -0.1) is 0 Å². The molecule has 262 valence electrons. The largest absolute Gasteiger partial charge is 0.291 e. The third kappa shape index (κ3) is 4.28. The van der Waals surface area contributed by atoms with Gasteiger partial charge >= 0.3 is 0 Å². The van der Waals surface area contributed by atoms with Crippen LogP contribution >= 0.6 is 0 Å². The smallest absolute Gasteiger partial charge is 0.165 e. The quantitative estimate of drug-likeness (QED) is 0.171. The standard InChI is InChI=1S/C53H35N3/c1-53(2)45-23-13-12-21-39(45)40-27-25-35(30-46(40)53)43-31-44-42-28-24-33-15-7-9-19-37(33)50(42)56(51(44)41-22-11-10-20-38(41)43)52-48(34-16-4-3-5-17-34)54-47-29-26-32-14-6-8-18-36(32)49(47)55-52/h3-31H,1-2H3. The van der Waals surface area contributed by atoms with Gasteiger partial charge in [-0.3, -0.25) is 4.57 Å². The van der Waals surface area contributed by atoms with Crippen LogP contribution in [0.2, 0.25) is 0 Å². The summed E-state index contributed by atoms with van der Waals surface area (Å²) in [6, 6.07) is 64.0. The lowest BCUT2D eigenvalue weighted by Gasteiger charge is -2.22. The molecule has 0 unspecified atom stereocenters. The minimum Gasteiger partial charge on any atom is -0.291 e. The zero-order chi connectivity index (χ0) is 37.1. The molecule has 1 aliphatic rings. The van der Waals surface area contributed by atoms with E-state index in [9.17, 15) is 0 Å². The van der Waals surface area contributed by atoms with E-state index in [4.69, 9.17) is 9.97 Å². The molecule has 2 heterocycles. The highest BCUT2D eigenvalue weighted by Gasteiger charge is 2.35. The summed E-state index contributed by atoms with van der Waals surface area (Å²) in [4.78, 5) is 11.2. The van der Waals surface area contributed by atoms with E-state index in [0.29, 0.717) is 0 Å². The maximum absolute atomic E-state index is 5.69. The molecule has 3 nitrogen and oxygen atoms in total. The first-order valence-corrected chi connectivity index (χ1v) is 19.4. The number of hydrogen-bond acceptors (Lipinski definition) is 2. The molecule has 3 heteroatoms. The van der Waals surface area contributed by atoms with Crippen molar-refractivity contribution in [2.45, 2.75) is 19.3 Å². The van der Waals surface area contributed by atoms with E-state index in [2.05, 4.69) is 194 Å². The molecule has 0 aliphatic heterocycles. The van der Waals surface area contributed by atoms with Gasteiger partial charge in [0.25, 0.3) is 0 Å². The van der Waals surface area contributed by atoms with Crippen molar-refractivity contribution < 1.29 is 0 Å². The fourth-order valence-electron chi connectivity index (χ4n) is 9.68. The highest BCUT2D eigenvalue weighted by molar-refractivity contribution is 6.26. The summed E-state index contributed by atoms with van der Waals surface area (Å²) in [6.45, 7) is 4.72. The SMILES string of the molecule is CC1(C)c2ccccc2-c2ccc(-c3cc4c5ccc6ccccc6c5n(-c5nc6c(ccc7ccccc76)nc5-c5ccccc5)c4c4ccccc34)cc21. The van der Waals surface area contributed by atoms with E-state index < -0.39 is 0 Å². The molecule has 0 N–H and O–H groups in total. The molecule has 9 aromatic carbocycles. The Balaban J connectivity index is 1.24. The number of fused-ring (bicyclic) bond motifs is 13. The van der Waals surface area contributed by atoms with Crippen LogP contribution in [0.25, 0.3) is 104 Å². The molecule has 0 saturated carbocycles. The lowest BCUT2D eigenvalue weighted by Crippen LogP contribution is -2.14. The Morgan fingerprint density at radius 2 is 1.04 bits per heavy atom. The molecule has 0 radical (unpaired) electrons. The molecular formula is C53H35N3. The van der Waals surface area contributed by atoms with Crippen molar-refractivity contribution in [3.63, 3.8) is 0 Å². The van der Waals surface area contributed by atoms with Gasteiger partial charge in [-0.2, -0.15) is 0 Å². The van der Waals surface area contributed by atoms with Gasteiger partial charge in [0.15, 0.2) is 5.82 Å². The first-order valence-electron chi connectivity index (χ1n) is 19.4. The fourth-order valence-corrected chi connectivity index (χ4v) is 9.68. The summed E-state index contributed by atoms with van der Waals surface area (Å²) in [5, 5.41) is 9.40. The lowest BCUT2D eigenvalue weighted by atomic mass is 9.81. The van der Waals surface area contributed by atoms with Crippen molar-refractivity contribution in [1.29, 1.82) is 0 Å². The van der Waals surface area contributed by atoms with Crippen molar-refractivity contribution in [2.24, 2.45) is 0 Å². The minimum atomic E-state index is -0.0937. The van der Waals surface area contributed by atoms with Crippen molar-refractivity contribution in [3.8, 4) is 39.3 Å². The van der Waals surface area contributed by atoms with Crippen molar-refractivity contribution >= 4 is 65.2 Å². The van der Waals surface area contributed by atoms with Crippen LogP contribution in [0.3, 0.4) is 0 Å². The van der Waals surface area contributed by atoms with Crippen LogP contribution in [0.4, 0.5) is 0 Å². The molecule has 0 fully saturated rings. The first kappa shape index (κ1) is 31.3. The zero-order valence-corrected chi connectivity index (χ0v) is 31.1. The summed E-state index contributed by atoms with van der Waals surface area (Å²) < 4.78 is 2.43. The van der Waals surface area contributed by atoms with Gasteiger partial charge < -0.3 is 0 Å². The molecule has 1 aliphatic carbocycles. The van der Waals surface area contributed by atoms with Crippen LogP contribution in [0.1, 0.15) is 25.0 Å². The second-order valence-corrected chi connectivity index (χ2v) is 15.7. The number of aromatic nitrogens is 3. The van der Waals surface area contributed by atoms with E-state index in [1.807, 2.05) is 0 Å². The summed E-state index contributed by atoms with van der Waals surface area (Å²) >= 11 is 0. The fraction of sp³-hybridized carbons (Fsp3) is 0.0566. The molecule has 0 bridgehead atoms. The molecule has 0 saturated heterocycles. The molecular weight excluding hydrogens is 679 g/mol. The van der Waals surface area contributed by atoms with Gasteiger partial charge in [0.05, 0.1) is 22.1 Å². The maximum atomic E-state index is 5.69. The summed E-state index contributed by atoms with van der Waals surface area (Å²) in [5.74, 6) is 0.825. The Hall–Kier alpha value is -7.10. The molecule has 0 atom stereocenters. The van der Waals surface area contributed by atoms with Crippen LogP contribution < -0.4 is 0 Å². The number of hydrogen-bond donors (Lipinski definition) is 0. The number of benzene rings is 9. The van der Waals surface area contributed by atoms with Gasteiger partial charge in [-0.1, -0.05) is 172 Å². The second kappa shape index (κ2) is 11.5. The molecule has 0 spiro atoms. The third-order valence-electron chi connectivity index (χ3n) is 12.3. The van der Waals surface area contributed by atoms with Crippen LogP contribution in [-0.2, 0) is 5.41 Å². The normalized spacial score (nSPS) is 13.3. The highest BCUT2D eigenvalue weighted by Crippen LogP contribution is 2.51. The van der Waals surface area contributed by atoms with Gasteiger partial charge in [-0.05, 0) is 67.7 Å². The van der Waals surface area contributed by atoms with E-state index in [0.717, 1.165) is 49.9 Å². The van der Waals surface area contributed by atoms with E-state index in [1.165, 1.54) is 65.7 Å². The highest BCUT2D eigenvalue weighted by atomic mass is 15.1. The summed E-state index contributed by atoms with van der Waals surface area (Å²) in [5.41, 5.74) is 13.7. The minimum absolute atomic E-state index is 0.0937. The predicted molar refractivity (Wildman–Crippen MR) is 235 cm³/mol. The number of rotatable bonds is 3. The molecule has 2 aromatic heterocycles. The number of nitrogens with zero attached hydrogens (tertiary/aromatic N) is 3. The summed E-state index contributed by atoms with van der Waals surface area (Å²) in [6.07, 6.45) is 0. The molecule has 56 heavy (non-hydrogen) atoms. The molecule has 11 aromatic rings. The van der Waals surface area contributed by atoms with Gasteiger partial charge in [0.2, 0.25) is 0 Å². The summed E-state index contributed by atoms with van der Waals surface area (Å²) in [7, 11) is 0. The molecule has 12 rings (SSSR count). The van der Waals surface area contributed by atoms with Crippen LogP contribution in [0, 0.1) is 0 Å². The molecule has 0 amide bonds. The van der Waals surface area contributed by atoms with Gasteiger partial charge in [-0.25, -0.2) is 9.97 Å². The average Bonchev–Trinajstić information content (AvgIpc) is 3.71. The van der Waals surface area contributed by atoms with Crippen LogP contribution in [0.15, 0.2) is 176 Å². The lowest BCUT2D eigenvalue weighted by molar-refractivity contribution is 0.660. The van der Waals surface area contributed by atoms with Gasteiger partial charge in [0.1, 0.15) is 5.69 Å². The Morgan fingerprint density at radius 1 is 0.411 bits per heavy atom. The average molecular weight is 714 g/mol. The first-order chi connectivity index (χ1) is 27.5. The monoisotopic (exact) mass is 713 g/mol. The van der Waals surface area contributed by atoms with E-state index in [1.54, 1.807) is 0 Å².